The van der Waals surface area contributed by atoms with Crippen LogP contribution in [0.5, 0.6) is 5.75 Å². The molecular weight excluding hydrogens is 356 g/mol. The van der Waals surface area contributed by atoms with E-state index in [9.17, 15) is 22.7 Å². The molecule has 0 fully saturated rings. The molecule has 25 heavy (non-hydrogen) atoms. The quantitative estimate of drug-likeness (QED) is 0.551. The first-order valence-corrected chi connectivity index (χ1v) is 11.3. The molecule has 144 valence electrons. The number of alkyl halides is 3. The molecule has 1 N–H and O–H groups in total. The number of halogens is 4. The van der Waals surface area contributed by atoms with Crippen LogP contribution in [0.1, 0.15) is 25.8 Å². The summed E-state index contributed by atoms with van der Waals surface area (Å²) in [5, 5.41) is 9.64. The van der Waals surface area contributed by atoms with E-state index in [0.717, 1.165) is 0 Å². The van der Waals surface area contributed by atoms with Gasteiger partial charge in [0.05, 0.1) is 13.7 Å². The van der Waals surface area contributed by atoms with Gasteiger partial charge in [-0.3, -0.25) is 0 Å². The summed E-state index contributed by atoms with van der Waals surface area (Å²) < 4.78 is 66.0. The van der Waals surface area contributed by atoms with E-state index in [1.165, 1.54) is 25.3 Å². The van der Waals surface area contributed by atoms with Gasteiger partial charge in [0.15, 0.2) is 25.5 Å². The maximum Gasteiger partial charge on any atom is 0.418 e. The van der Waals surface area contributed by atoms with Crippen LogP contribution in [0.15, 0.2) is 18.2 Å². The van der Waals surface area contributed by atoms with Crippen molar-refractivity contribution in [3.63, 3.8) is 0 Å². The molecule has 0 radical (unpaired) electrons. The molecule has 1 unspecified atom stereocenters. The van der Waals surface area contributed by atoms with Crippen LogP contribution >= 0.6 is 0 Å². The highest BCUT2D eigenvalue weighted by Gasteiger charge is 2.59. The highest BCUT2D eigenvalue weighted by atomic mass is 28.4. The Balaban J connectivity index is 3.43. The van der Waals surface area contributed by atoms with Crippen LogP contribution < -0.4 is 4.74 Å². The Labute approximate surface area is 147 Å². The predicted molar refractivity (Wildman–Crippen MR) is 90.9 cm³/mol. The van der Waals surface area contributed by atoms with E-state index >= 15 is 0 Å². The van der Waals surface area contributed by atoms with Crippen molar-refractivity contribution in [3.05, 3.63) is 29.6 Å². The normalized spacial score (nSPS) is 15.8. The van der Waals surface area contributed by atoms with Gasteiger partial charge in [0.25, 0.3) is 0 Å². The Bertz CT molecular complexity index is 597. The molecule has 0 aliphatic heterocycles. The van der Waals surface area contributed by atoms with Gasteiger partial charge in [0.1, 0.15) is 0 Å². The lowest BCUT2D eigenvalue weighted by atomic mass is 9.74. The van der Waals surface area contributed by atoms with Crippen molar-refractivity contribution in [2.45, 2.75) is 57.1 Å². The highest BCUT2D eigenvalue weighted by Crippen LogP contribution is 2.46. The molecule has 1 atom stereocenters. The number of rotatable bonds is 7. The number of ether oxygens (including phenoxy) is 1. The van der Waals surface area contributed by atoms with E-state index in [1.54, 1.807) is 33.5 Å². The Morgan fingerprint density at radius 1 is 1.12 bits per heavy atom. The van der Waals surface area contributed by atoms with E-state index in [4.69, 9.17) is 9.16 Å². The summed E-state index contributed by atoms with van der Waals surface area (Å²) >= 11 is 0. The average Bonchev–Trinajstić information content (AvgIpc) is 2.43. The molecular formula is C17H26F4O3Si. The second kappa shape index (κ2) is 7.24. The molecule has 8 heteroatoms. The number of hydrogen-bond acceptors (Lipinski definition) is 3. The Kier molecular flexibility index (Phi) is 6.35. The monoisotopic (exact) mass is 382 g/mol. The fourth-order valence-corrected chi connectivity index (χ4v) is 4.44. The average molecular weight is 382 g/mol. The maximum absolute atomic E-state index is 14.0. The van der Waals surface area contributed by atoms with Gasteiger partial charge in [-0.25, -0.2) is 4.39 Å². The third-order valence-corrected chi connectivity index (χ3v) is 4.90. The number of hydrogen-bond donors (Lipinski definition) is 1. The number of aliphatic hydroxyl groups is 1. The first-order chi connectivity index (χ1) is 11.2. The summed E-state index contributed by atoms with van der Waals surface area (Å²) in [6.45, 7) is 6.76. The van der Waals surface area contributed by atoms with E-state index in [2.05, 4.69) is 0 Å². The zero-order valence-electron chi connectivity index (χ0n) is 15.4. The summed E-state index contributed by atoms with van der Waals surface area (Å²) in [4.78, 5) is 0. The summed E-state index contributed by atoms with van der Waals surface area (Å²) in [6.07, 6.45) is -5.34. The third-order valence-electron chi connectivity index (χ3n) is 3.90. The molecule has 0 aliphatic carbocycles. The Hall–Kier alpha value is -1.12. The molecule has 1 aromatic carbocycles. The van der Waals surface area contributed by atoms with Crippen LogP contribution in [0.25, 0.3) is 0 Å². The van der Waals surface area contributed by atoms with E-state index in [1.807, 2.05) is 0 Å². The Morgan fingerprint density at radius 3 is 2.08 bits per heavy atom. The lowest BCUT2D eigenvalue weighted by Crippen LogP contribution is -2.58. The molecule has 3 nitrogen and oxygen atoms in total. The SMILES string of the molecule is COc1c(F)cccc1C(C)(C)CC(CO)(O[Si](C)(C)C)C(F)(F)F. The van der Waals surface area contributed by atoms with Crippen molar-refractivity contribution in [1.82, 2.24) is 0 Å². The minimum atomic E-state index is -4.78. The van der Waals surface area contributed by atoms with Crippen LogP contribution in [0, 0.1) is 5.82 Å². The van der Waals surface area contributed by atoms with Crippen molar-refractivity contribution >= 4 is 8.32 Å². The molecule has 0 aliphatic rings. The van der Waals surface area contributed by atoms with Crippen LogP contribution in [0.3, 0.4) is 0 Å². The van der Waals surface area contributed by atoms with E-state index in [0.29, 0.717) is 0 Å². The van der Waals surface area contributed by atoms with Gasteiger partial charge in [-0.2, -0.15) is 13.2 Å². The van der Waals surface area contributed by atoms with Crippen LogP contribution in [0.4, 0.5) is 17.6 Å². The molecule has 0 aromatic heterocycles. The van der Waals surface area contributed by atoms with Crippen molar-refractivity contribution < 1.29 is 31.8 Å². The second-order valence-corrected chi connectivity index (χ2v) is 12.2. The first kappa shape index (κ1) is 21.9. The zero-order chi connectivity index (χ0) is 19.7. The molecule has 1 aromatic rings. The summed E-state index contributed by atoms with van der Waals surface area (Å²) in [5.41, 5.74) is -3.60. The zero-order valence-corrected chi connectivity index (χ0v) is 16.4. The summed E-state index contributed by atoms with van der Waals surface area (Å²) in [5.74, 6) is -0.754. The minimum absolute atomic E-state index is 0.102. The topological polar surface area (TPSA) is 38.7 Å². The highest BCUT2D eigenvalue weighted by molar-refractivity contribution is 6.69. The number of aliphatic hydroxyl groups excluding tert-OH is 1. The minimum Gasteiger partial charge on any atom is -0.493 e. The van der Waals surface area contributed by atoms with Gasteiger partial charge in [-0.15, -0.1) is 0 Å². The standard InChI is InChI=1S/C17H26F4O3Si/c1-15(2,12-8-7-9-13(18)14(12)23-3)10-16(11-22,17(19,20)21)24-25(4,5)6/h7-9,22H,10-11H2,1-6H3. The van der Waals surface area contributed by atoms with Crippen molar-refractivity contribution in [2.75, 3.05) is 13.7 Å². The third kappa shape index (κ3) is 4.95. The number of methoxy groups -OCH3 is 1. The van der Waals surface area contributed by atoms with Crippen molar-refractivity contribution in [2.24, 2.45) is 0 Å². The number of para-hydroxylation sites is 1. The van der Waals surface area contributed by atoms with Crippen molar-refractivity contribution in [1.29, 1.82) is 0 Å². The summed E-state index contributed by atoms with van der Waals surface area (Å²) in [6, 6.07) is 4.12. The smallest absolute Gasteiger partial charge is 0.418 e. The maximum atomic E-state index is 14.0. The molecule has 0 spiro atoms. The van der Waals surface area contributed by atoms with E-state index < -0.39 is 44.4 Å². The first-order valence-electron chi connectivity index (χ1n) is 7.90. The van der Waals surface area contributed by atoms with Crippen molar-refractivity contribution in [3.8, 4) is 5.75 Å². The van der Waals surface area contributed by atoms with Gasteiger partial charge in [0, 0.05) is 5.56 Å². The molecule has 0 saturated carbocycles. The fourth-order valence-electron chi connectivity index (χ4n) is 3.02. The van der Waals surface area contributed by atoms with Gasteiger partial charge in [0.2, 0.25) is 0 Å². The van der Waals surface area contributed by atoms with Crippen LogP contribution in [-0.4, -0.2) is 38.9 Å². The Morgan fingerprint density at radius 2 is 1.68 bits per heavy atom. The largest absolute Gasteiger partial charge is 0.493 e. The van der Waals surface area contributed by atoms with Gasteiger partial charge in [-0.1, -0.05) is 26.0 Å². The number of benzene rings is 1. The molecule has 0 amide bonds. The van der Waals surface area contributed by atoms with Gasteiger partial charge >= 0.3 is 6.18 Å². The molecule has 0 bridgehead atoms. The fraction of sp³-hybridized carbons (Fsp3) is 0.647. The predicted octanol–water partition coefficient (Wildman–Crippen LogP) is 4.65. The lowest BCUT2D eigenvalue weighted by molar-refractivity contribution is -0.269. The van der Waals surface area contributed by atoms with E-state index in [-0.39, 0.29) is 11.3 Å². The van der Waals surface area contributed by atoms with Crippen LogP contribution in [0.2, 0.25) is 19.6 Å². The molecule has 1 rings (SSSR count). The second-order valence-electron chi connectivity index (χ2n) is 7.75. The molecule has 0 heterocycles. The van der Waals surface area contributed by atoms with Gasteiger partial charge in [-0.05, 0) is 37.5 Å². The van der Waals surface area contributed by atoms with Gasteiger partial charge < -0.3 is 14.3 Å². The lowest BCUT2D eigenvalue weighted by Gasteiger charge is -2.44. The summed E-state index contributed by atoms with van der Waals surface area (Å²) in [7, 11) is -1.38. The molecule has 0 saturated heterocycles. The van der Waals surface area contributed by atoms with Crippen LogP contribution in [-0.2, 0) is 9.84 Å².